The summed E-state index contributed by atoms with van der Waals surface area (Å²) in [6, 6.07) is 0. The average Bonchev–Trinajstić information content (AvgIpc) is 2.42. The van der Waals surface area contributed by atoms with Crippen molar-refractivity contribution in [2.75, 3.05) is 18.0 Å². The molecule has 0 unspecified atom stereocenters. The number of aryl methyl sites for hydroxylation is 1. The molecule has 4 nitrogen and oxygen atoms in total. The molecule has 14 heavy (non-hydrogen) atoms. The van der Waals surface area contributed by atoms with Crippen LogP contribution in [0.1, 0.15) is 5.82 Å². The lowest BCUT2D eigenvalue weighted by Gasteiger charge is -2.37. The van der Waals surface area contributed by atoms with Gasteiger partial charge in [0.25, 0.3) is 5.92 Å². The minimum absolute atomic E-state index is 0.298. The first-order valence-electron chi connectivity index (χ1n) is 4.18. The minimum Gasteiger partial charge on any atom is -0.327 e. The van der Waals surface area contributed by atoms with Crippen LogP contribution in [-0.4, -0.2) is 33.8 Å². The van der Waals surface area contributed by atoms with Gasteiger partial charge in [0.05, 0.1) is 13.1 Å². The lowest BCUT2D eigenvalue weighted by molar-refractivity contribution is -0.0271. The van der Waals surface area contributed by atoms with E-state index in [-0.39, 0.29) is 13.1 Å². The Bertz CT molecular complexity index is 363. The quantitative estimate of drug-likeness (QED) is 0.711. The van der Waals surface area contributed by atoms with Gasteiger partial charge in [0, 0.05) is 7.05 Å². The van der Waals surface area contributed by atoms with E-state index in [1.165, 1.54) is 15.7 Å². The van der Waals surface area contributed by atoms with Gasteiger partial charge in [-0.15, -0.1) is 5.10 Å². The Morgan fingerprint density at radius 1 is 1.50 bits per heavy atom. The second kappa shape index (κ2) is 2.76. The van der Waals surface area contributed by atoms with Gasteiger partial charge in [0.2, 0.25) is 5.95 Å². The van der Waals surface area contributed by atoms with E-state index < -0.39 is 5.92 Å². The highest BCUT2D eigenvalue weighted by Gasteiger charge is 2.45. The van der Waals surface area contributed by atoms with Crippen LogP contribution in [0.15, 0.2) is 6.58 Å². The van der Waals surface area contributed by atoms with Gasteiger partial charge >= 0.3 is 0 Å². The number of rotatable bonds is 2. The predicted molar refractivity (Wildman–Crippen MR) is 48.3 cm³/mol. The molecule has 0 amide bonds. The number of anilines is 1. The fourth-order valence-electron chi connectivity index (χ4n) is 1.35. The fourth-order valence-corrected chi connectivity index (χ4v) is 1.35. The maximum Gasteiger partial charge on any atom is 0.282 e. The number of hydrogen-bond acceptors (Lipinski definition) is 3. The molecule has 1 aliphatic heterocycles. The van der Waals surface area contributed by atoms with Gasteiger partial charge in [0.1, 0.15) is 0 Å². The molecule has 0 saturated carbocycles. The largest absolute Gasteiger partial charge is 0.327 e. The van der Waals surface area contributed by atoms with Crippen molar-refractivity contribution < 1.29 is 8.78 Å². The summed E-state index contributed by atoms with van der Waals surface area (Å²) >= 11 is 0. The van der Waals surface area contributed by atoms with E-state index >= 15 is 0 Å². The zero-order chi connectivity index (χ0) is 10.3. The van der Waals surface area contributed by atoms with E-state index in [2.05, 4.69) is 16.7 Å². The highest BCUT2D eigenvalue weighted by molar-refractivity contribution is 5.43. The molecule has 76 valence electrons. The number of aromatic nitrogens is 3. The highest BCUT2D eigenvalue weighted by Crippen LogP contribution is 2.29. The standard InChI is InChI=1S/C8H10F2N4/c1-3-6-11-7(12-13(6)2)14-4-8(9,10)5-14/h3H,1,4-5H2,2H3. The van der Waals surface area contributed by atoms with Gasteiger partial charge in [-0.25, -0.2) is 13.5 Å². The van der Waals surface area contributed by atoms with E-state index in [1.54, 1.807) is 7.05 Å². The molecular weight excluding hydrogens is 190 g/mol. The summed E-state index contributed by atoms with van der Waals surface area (Å²) < 4.78 is 26.6. The smallest absolute Gasteiger partial charge is 0.282 e. The van der Waals surface area contributed by atoms with Crippen molar-refractivity contribution >= 4 is 12.0 Å². The average molecular weight is 200 g/mol. The zero-order valence-corrected chi connectivity index (χ0v) is 7.74. The van der Waals surface area contributed by atoms with Gasteiger partial charge in [-0.1, -0.05) is 6.58 Å². The van der Waals surface area contributed by atoms with Gasteiger partial charge in [-0.3, -0.25) is 0 Å². The van der Waals surface area contributed by atoms with Crippen LogP contribution in [0, 0.1) is 0 Å². The SMILES string of the molecule is C=Cc1nc(N2CC(F)(F)C2)nn1C. The van der Waals surface area contributed by atoms with Crippen molar-refractivity contribution in [3.05, 3.63) is 12.4 Å². The summed E-state index contributed by atoms with van der Waals surface area (Å²) in [6.45, 7) is 2.95. The Morgan fingerprint density at radius 2 is 2.14 bits per heavy atom. The van der Waals surface area contributed by atoms with Crippen LogP contribution < -0.4 is 4.90 Å². The fraction of sp³-hybridized carbons (Fsp3) is 0.500. The third-order valence-electron chi connectivity index (χ3n) is 2.10. The number of hydrogen-bond donors (Lipinski definition) is 0. The monoisotopic (exact) mass is 200 g/mol. The molecule has 1 aromatic rings. The molecule has 0 spiro atoms. The lowest BCUT2D eigenvalue weighted by atomic mass is 10.2. The topological polar surface area (TPSA) is 34.0 Å². The van der Waals surface area contributed by atoms with Crippen LogP contribution in [0.3, 0.4) is 0 Å². The van der Waals surface area contributed by atoms with E-state index in [9.17, 15) is 8.78 Å². The highest BCUT2D eigenvalue weighted by atomic mass is 19.3. The van der Waals surface area contributed by atoms with Gasteiger partial charge < -0.3 is 4.90 Å². The molecule has 2 rings (SSSR count). The number of halogens is 2. The summed E-state index contributed by atoms with van der Waals surface area (Å²) in [5.41, 5.74) is 0. The van der Waals surface area contributed by atoms with Crippen LogP contribution >= 0.6 is 0 Å². The second-order valence-corrected chi connectivity index (χ2v) is 3.31. The second-order valence-electron chi connectivity index (χ2n) is 3.31. The first-order chi connectivity index (χ1) is 6.52. The van der Waals surface area contributed by atoms with Gasteiger partial charge in [-0.05, 0) is 6.08 Å². The Morgan fingerprint density at radius 3 is 2.57 bits per heavy atom. The number of alkyl halides is 2. The van der Waals surface area contributed by atoms with Crippen molar-refractivity contribution in [3.63, 3.8) is 0 Å². The van der Waals surface area contributed by atoms with Crippen LogP contribution in [0.5, 0.6) is 0 Å². The van der Waals surface area contributed by atoms with Crippen molar-refractivity contribution in [1.29, 1.82) is 0 Å². The van der Waals surface area contributed by atoms with E-state index in [1.807, 2.05) is 0 Å². The van der Waals surface area contributed by atoms with Crippen LogP contribution in [0.25, 0.3) is 6.08 Å². The first kappa shape index (κ1) is 9.11. The number of nitrogens with zero attached hydrogens (tertiary/aromatic N) is 4. The Labute approximate surface area is 79.8 Å². The molecule has 1 fully saturated rings. The van der Waals surface area contributed by atoms with E-state index in [0.29, 0.717) is 11.8 Å². The Balaban J connectivity index is 2.15. The minimum atomic E-state index is -2.59. The molecular formula is C8H10F2N4. The third-order valence-corrected chi connectivity index (χ3v) is 2.10. The molecule has 0 N–H and O–H groups in total. The summed E-state index contributed by atoms with van der Waals surface area (Å²) in [4.78, 5) is 5.48. The Kier molecular flexibility index (Phi) is 1.80. The van der Waals surface area contributed by atoms with E-state index in [0.717, 1.165) is 0 Å². The molecule has 2 heterocycles. The van der Waals surface area contributed by atoms with Crippen molar-refractivity contribution in [1.82, 2.24) is 14.8 Å². The summed E-state index contributed by atoms with van der Waals surface area (Å²) in [7, 11) is 1.70. The van der Waals surface area contributed by atoms with Crippen molar-refractivity contribution in [2.45, 2.75) is 5.92 Å². The van der Waals surface area contributed by atoms with Crippen molar-refractivity contribution in [3.8, 4) is 0 Å². The maximum absolute atomic E-state index is 12.5. The van der Waals surface area contributed by atoms with Crippen LogP contribution in [0.2, 0.25) is 0 Å². The van der Waals surface area contributed by atoms with Crippen LogP contribution in [0.4, 0.5) is 14.7 Å². The molecule has 0 atom stereocenters. The molecule has 1 aromatic heterocycles. The molecule has 0 radical (unpaired) electrons. The van der Waals surface area contributed by atoms with Gasteiger partial charge in [0.15, 0.2) is 5.82 Å². The van der Waals surface area contributed by atoms with E-state index in [4.69, 9.17) is 0 Å². The molecule has 0 aliphatic carbocycles. The molecule has 0 aromatic carbocycles. The van der Waals surface area contributed by atoms with Gasteiger partial charge in [-0.2, -0.15) is 4.98 Å². The first-order valence-corrected chi connectivity index (χ1v) is 4.18. The van der Waals surface area contributed by atoms with Crippen LogP contribution in [-0.2, 0) is 7.05 Å². The maximum atomic E-state index is 12.5. The summed E-state index contributed by atoms with van der Waals surface area (Å²) in [5, 5.41) is 4.00. The van der Waals surface area contributed by atoms with Crippen molar-refractivity contribution in [2.24, 2.45) is 7.05 Å². The molecule has 1 saturated heterocycles. The third kappa shape index (κ3) is 1.36. The normalized spacial score (nSPS) is 19.2. The molecule has 0 bridgehead atoms. The predicted octanol–water partition coefficient (Wildman–Crippen LogP) is 0.913. The lowest BCUT2D eigenvalue weighted by Crippen LogP contribution is -2.56. The summed E-state index contributed by atoms with van der Waals surface area (Å²) in [5.74, 6) is -1.67. The molecule has 6 heteroatoms. The molecule has 1 aliphatic rings. The zero-order valence-electron chi connectivity index (χ0n) is 7.74. The Hall–Kier alpha value is -1.46. The summed E-state index contributed by atoms with van der Waals surface area (Å²) in [6.07, 6.45) is 1.54.